The molecule has 3 aromatic rings. The van der Waals surface area contributed by atoms with Crippen LogP contribution in [0, 0.1) is 6.92 Å². The maximum Gasteiger partial charge on any atom is 0.339 e. The van der Waals surface area contributed by atoms with E-state index in [1.54, 1.807) is 13.2 Å². The number of rotatable bonds is 7. The van der Waals surface area contributed by atoms with Gasteiger partial charge in [0.15, 0.2) is 5.13 Å². The Morgan fingerprint density at radius 2 is 2.10 bits per heavy atom. The van der Waals surface area contributed by atoms with Crippen molar-refractivity contribution in [2.75, 3.05) is 25.5 Å². The van der Waals surface area contributed by atoms with Crippen molar-refractivity contribution < 1.29 is 13.9 Å². The number of aromatic nitrogens is 1. The number of methoxy groups -OCH3 is 1. The lowest BCUT2D eigenvalue weighted by Gasteiger charge is -2.25. The zero-order chi connectivity index (χ0) is 21.8. The number of anilines is 1. The lowest BCUT2D eigenvalue weighted by molar-refractivity contribution is -0.116. The maximum absolute atomic E-state index is 12.5. The number of fused-ring (bicyclic) bond motifs is 1. The fourth-order valence-electron chi connectivity index (χ4n) is 3.99. The van der Waals surface area contributed by atoms with Crippen LogP contribution in [0.2, 0.25) is 0 Å². The third-order valence-electron chi connectivity index (χ3n) is 5.73. The van der Waals surface area contributed by atoms with Crippen LogP contribution in [0.25, 0.3) is 11.0 Å². The molecule has 0 radical (unpaired) electrons. The number of nitrogens with one attached hydrogen (secondary N) is 1. The van der Waals surface area contributed by atoms with Gasteiger partial charge in [0.25, 0.3) is 0 Å². The van der Waals surface area contributed by atoms with E-state index in [9.17, 15) is 9.59 Å². The number of carbonyl (C=O) groups is 1. The molecule has 4 rings (SSSR count). The van der Waals surface area contributed by atoms with E-state index in [0.717, 1.165) is 36.3 Å². The first-order valence-electron chi connectivity index (χ1n) is 10.6. The highest BCUT2D eigenvalue weighted by atomic mass is 32.1. The van der Waals surface area contributed by atoms with E-state index in [1.807, 2.05) is 24.4 Å². The van der Waals surface area contributed by atoms with Crippen LogP contribution in [0.1, 0.15) is 42.5 Å². The smallest absolute Gasteiger partial charge is 0.339 e. The molecular weight excluding hydrogens is 414 g/mol. The molecule has 0 saturated carbocycles. The fraction of sp³-hybridized carbons (Fsp3) is 0.435. The number of thiazole rings is 1. The molecule has 1 aromatic carbocycles. The van der Waals surface area contributed by atoms with Crippen molar-refractivity contribution >= 4 is 33.3 Å². The molecule has 0 unspecified atom stereocenters. The Morgan fingerprint density at radius 3 is 2.87 bits per heavy atom. The van der Waals surface area contributed by atoms with Gasteiger partial charge in [0, 0.05) is 35.4 Å². The Bertz CT molecular complexity index is 1130. The highest BCUT2D eigenvalue weighted by Gasteiger charge is 2.16. The van der Waals surface area contributed by atoms with Crippen molar-refractivity contribution in [2.45, 2.75) is 45.6 Å². The summed E-state index contributed by atoms with van der Waals surface area (Å²) in [7, 11) is 1.57. The lowest BCUT2D eigenvalue weighted by Crippen LogP contribution is -2.29. The molecule has 3 heterocycles. The molecule has 1 fully saturated rings. The Kier molecular flexibility index (Phi) is 6.67. The number of piperidine rings is 1. The Labute approximate surface area is 185 Å². The average Bonchev–Trinajstić information content (AvgIpc) is 3.20. The number of hydrogen-bond acceptors (Lipinski definition) is 7. The Hall–Kier alpha value is -2.71. The first kappa shape index (κ1) is 21.5. The summed E-state index contributed by atoms with van der Waals surface area (Å²) in [6, 6.07) is 5.40. The number of nitrogens with zero attached hydrogens (tertiary/aromatic N) is 2. The molecule has 0 aliphatic carbocycles. The summed E-state index contributed by atoms with van der Waals surface area (Å²) in [6.45, 7) is 4.93. The molecule has 164 valence electrons. The topological polar surface area (TPSA) is 84.7 Å². The van der Waals surface area contributed by atoms with Crippen molar-refractivity contribution in [2.24, 2.45) is 0 Å². The van der Waals surface area contributed by atoms with E-state index in [2.05, 4.69) is 15.2 Å². The Morgan fingerprint density at radius 1 is 1.29 bits per heavy atom. The molecule has 0 bridgehead atoms. The molecule has 0 spiro atoms. The highest BCUT2D eigenvalue weighted by Crippen LogP contribution is 2.25. The van der Waals surface area contributed by atoms with Crippen LogP contribution < -0.4 is 15.7 Å². The van der Waals surface area contributed by atoms with E-state index in [4.69, 9.17) is 9.15 Å². The first-order valence-corrected chi connectivity index (χ1v) is 11.5. The van der Waals surface area contributed by atoms with Crippen LogP contribution in [0.3, 0.4) is 0 Å². The van der Waals surface area contributed by atoms with Gasteiger partial charge in [-0.3, -0.25) is 9.69 Å². The molecule has 1 amide bonds. The zero-order valence-electron chi connectivity index (χ0n) is 17.9. The number of carbonyl (C=O) groups excluding carboxylic acids is 1. The quantitative estimate of drug-likeness (QED) is 0.555. The second kappa shape index (κ2) is 9.62. The molecule has 31 heavy (non-hydrogen) atoms. The second-order valence-electron chi connectivity index (χ2n) is 7.88. The molecular formula is C23H27N3O4S. The highest BCUT2D eigenvalue weighted by molar-refractivity contribution is 7.13. The van der Waals surface area contributed by atoms with Crippen LogP contribution in [0.15, 0.2) is 32.8 Å². The van der Waals surface area contributed by atoms with E-state index >= 15 is 0 Å². The van der Waals surface area contributed by atoms with Crippen molar-refractivity contribution in [3.05, 3.63) is 50.8 Å². The summed E-state index contributed by atoms with van der Waals surface area (Å²) in [5.41, 5.74) is 2.42. The van der Waals surface area contributed by atoms with E-state index in [-0.39, 0.29) is 12.3 Å². The third kappa shape index (κ3) is 5.14. The van der Waals surface area contributed by atoms with Gasteiger partial charge >= 0.3 is 5.63 Å². The Balaban J connectivity index is 1.37. The molecule has 1 saturated heterocycles. The first-order chi connectivity index (χ1) is 15.0. The lowest BCUT2D eigenvalue weighted by atomic mass is 10.0. The predicted octanol–water partition coefficient (Wildman–Crippen LogP) is 4.12. The minimum atomic E-state index is -0.413. The van der Waals surface area contributed by atoms with Gasteiger partial charge in [-0.1, -0.05) is 6.42 Å². The average molecular weight is 442 g/mol. The SMILES string of the molecule is COc1ccc2c(C)c(CCC(=O)Nc3nc(CN4CCCCC4)cs3)c(=O)oc2c1. The van der Waals surface area contributed by atoms with Crippen LogP contribution in [0.5, 0.6) is 5.75 Å². The van der Waals surface area contributed by atoms with E-state index < -0.39 is 5.63 Å². The number of aryl methyl sites for hydroxylation is 1. The summed E-state index contributed by atoms with van der Waals surface area (Å²) in [5.74, 6) is 0.470. The summed E-state index contributed by atoms with van der Waals surface area (Å²) in [6.07, 6.45) is 4.29. The number of hydrogen-bond donors (Lipinski definition) is 1. The fourth-order valence-corrected chi connectivity index (χ4v) is 4.71. The van der Waals surface area contributed by atoms with E-state index in [0.29, 0.717) is 28.4 Å². The minimum Gasteiger partial charge on any atom is -0.497 e. The molecule has 0 atom stereocenters. The number of benzene rings is 1. The van der Waals surface area contributed by atoms with Gasteiger partial charge in [0.05, 0.1) is 12.8 Å². The van der Waals surface area contributed by atoms with Gasteiger partial charge in [-0.2, -0.15) is 0 Å². The van der Waals surface area contributed by atoms with Crippen LogP contribution in [0.4, 0.5) is 5.13 Å². The number of amides is 1. The molecule has 1 aliphatic heterocycles. The van der Waals surface area contributed by atoms with Gasteiger partial charge in [0.1, 0.15) is 11.3 Å². The minimum absolute atomic E-state index is 0.160. The van der Waals surface area contributed by atoms with Gasteiger partial charge in [-0.15, -0.1) is 11.3 Å². The molecule has 1 aliphatic rings. The van der Waals surface area contributed by atoms with Gasteiger partial charge < -0.3 is 14.5 Å². The number of likely N-dealkylation sites (tertiary alicyclic amines) is 1. The number of ether oxygens (including phenoxy) is 1. The summed E-state index contributed by atoms with van der Waals surface area (Å²) >= 11 is 1.44. The normalized spacial score (nSPS) is 14.6. The molecule has 7 nitrogen and oxygen atoms in total. The largest absolute Gasteiger partial charge is 0.497 e. The second-order valence-corrected chi connectivity index (χ2v) is 8.74. The zero-order valence-corrected chi connectivity index (χ0v) is 18.7. The van der Waals surface area contributed by atoms with Crippen molar-refractivity contribution in [3.63, 3.8) is 0 Å². The van der Waals surface area contributed by atoms with Crippen molar-refractivity contribution in [1.29, 1.82) is 0 Å². The van der Waals surface area contributed by atoms with Crippen molar-refractivity contribution in [1.82, 2.24) is 9.88 Å². The molecule has 2 aromatic heterocycles. The molecule has 1 N–H and O–H groups in total. The maximum atomic E-state index is 12.5. The van der Waals surface area contributed by atoms with Crippen LogP contribution in [-0.4, -0.2) is 36.0 Å². The summed E-state index contributed by atoms with van der Waals surface area (Å²) in [4.78, 5) is 31.9. The third-order valence-corrected chi connectivity index (χ3v) is 6.54. The molecule has 8 heteroatoms. The van der Waals surface area contributed by atoms with Crippen LogP contribution >= 0.6 is 11.3 Å². The monoisotopic (exact) mass is 441 g/mol. The van der Waals surface area contributed by atoms with Gasteiger partial charge in [-0.05, 0) is 57.0 Å². The van der Waals surface area contributed by atoms with Gasteiger partial charge in [0.2, 0.25) is 5.91 Å². The summed E-state index contributed by atoms with van der Waals surface area (Å²) in [5, 5.41) is 6.31. The van der Waals surface area contributed by atoms with Crippen LogP contribution in [-0.2, 0) is 17.8 Å². The van der Waals surface area contributed by atoms with E-state index in [1.165, 1.54) is 30.6 Å². The predicted molar refractivity (Wildman–Crippen MR) is 122 cm³/mol. The van der Waals surface area contributed by atoms with Gasteiger partial charge in [-0.25, -0.2) is 9.78 Å². The van der Waals surface area contributed by atoms with Crippen molar-refractivity contribution in [3.8, 4) is 5.75 Å². The standard InChI is InChI=1S/C23H27N3O4S/c1-15-18-7-6-17(29-2)12-20(18)30-22(28)19(15)8-9-21(27)25-23-24-16(14-31-23)13-26-10-4-3-5-11-26/h6-7,12,14H,3-5,8-11,13H2,1-2H3,(H,24,25,27). The summed E-state index contributed by atoms with van der Waals surface area (Å²) < 4.78 is 10.6.